The van der Waals surface area contributed by atoms with Crippen LogP contribution < -0.4 is 10.1 Å². The molecule has 6 nitrogen and oxygen atoms in total. The van der Waals surface area contributed by atoms with E-state index in [-0.39, 0.29) is 11.8 Å². The smallest absolute Gasteiger partial charge is 0.243 e. The summed E-state index contributed by atoms with van der Waals surface area (Å²) in [5.74, 6) is 0.311. The van der Waals surface area contributed by atoms with Crippen molar-refractivity contribution in [3.05, 3.63) is 48.5 Å². The standard InChI is InChI=1S/C21H26N2O4S2/c1-3-27-20-7-5-4-6-19(20)22-21(24)16-12-14-23(15-13-16)29(25,26)18-10-8-17(28-2)9-11-18/h4-11,16H,3,12-15H2,1-2H3,(H,22,24). The number of nitrogens with zero attached hydrogens (tertiary/aromatic N) is 1. The van der Waals surface area contributed by atoms with E-state index in [1.54, 1.807) is 30.0 Å². The molecule has 0 unspecified atom stereocenters. The lowest BCUT2D eigenvalue weighted by atomic mass is 9.97. The van der Waals surface area contributed by atoms with E-state index in [4.69, 9.17) is 4.74 Å². The van der Waals surface area contributed by atoms with Crippen molar-refractivity contribution in [3.63, 3.8) is 0 Å². The van der Waals surface area contributed by atoms with Crippen LogP contribution in [0.1, 0.15) is 19.8 Å². The number of hydrogen-bond donors (Lipinski definition) is 1. The molecule has 3 rings (SSSR count). The summed E-state index contributed by atoms with van der Waals surface area (Å²) in [6.07, 6.45) is 2.93. The Bertz CT molecular complexity index is 937. The number of carbonyl (C=O) groups is 1. The quantitative estimate of drug-likeness (QED) is 0.670. The molecule has 1 heterocycles. The molecular weight excluding hydrogens is 408 g/mol. The lowest BCUT2D eigenvalue weighted by Gasteiger charge is -2.30. The third-order valence-corrected chi connectivity index (χ3v) is 7.62. The number of hydrogen-bond acceptors (Lipinski definition) is 5. The van der Waals surface area contributed by atoms with Gasteiger partial charge < -0.3 is 10.1 Å². The van der Waals surface area contributed by atoms with E-state index in [1.165, 1.54) is 4.31 Å². The third kappa shape index (κ3) is 5.12. The van der Waals surface area contributed by atoms with Crippen LogP contribution in [0.25, 0.3) is 0 Å². The summed E-state index contributed by atoms with van der Waals surface area (Å²) in [6.45, 7) is 3.07. The molecule has 29 heavy (non-hydrogen) atoms. The molecular formula is C21H26N2O4S2. The van der Waals surface area contributed by atoms with Gasteiger partial charge in [0.25, 0.3) is 0 Å². The number of thioether (sulfide) groups is 1. The highest BCUT2D eigenvalue weighted by atomic mass is 32.2. The van der Waals surface area contributed by atoms with Crippen molar-refractivity contribution >= 4 is 33.4 Å². The van der Waals surface area contributed by atoms with E-state index in [0.29, 0.717) is 48.9 Å². The van der Waals surface area contributed by atoms with Gasteiger partial charge in [0.15, 0.2) is 0 Å². The summed E-state index contributed by atoms with van der Waals surface area (Å²) in [6, 6.07) is 14.2. The van der Waals surface area contributed by atoms with Gasteiger partial charge in [-0.2, -0.15) is 4.31 Å². The van der Waals surface area contributed by atoms with Crippen LogP contribution >= 0.6 is 11.8 Å². The summed E-state index contributed by atoms with van der Waals surface area (Å²) < 4.78 is 32.8. The molecule has 1 saturated heterocycles. The van der Waals surface area contributed by atoms with E-state index >= 15 is 0 Å². The van der Waals surface area contributed by atoms with E-state index in [9.17, 15) is 13.2 Å². The molecule has 8 heteroatoms. The van der Waals surface area contributed by atoms with Crippen molar-refractivity contribution in [1.82, 2.24) is 4.31 Å². The molecule has 156 valence electrons. The fraction of sp³-hybridized carbons (Fsp3) is 0.381. The molecule has 2 aromatic carbocycles. The second-order valence-electron chi connectivity index (χ2n) is 6.77. The van der Waals surface area contributed by atoms with Crippen molar-refractivity contribution < 1.29 is 17.9 Å². The number of para-hydroxylation sites is 2. The lowest BCUT2D eigenvalue weighted by Crippen LogP contribution is -2.41. The molecule has 0 aromatic heterocycles. The van der Waals surface area contributed by atoms with Crippen molar-refractivity contribution in [2.45, 2.75) is 29.6 Å². The lowest BCUT2D eigenvalue weighted by molar-refractivity contribution is -0.120. The van der Waals surface area contributed by atoms with Gasteiger partial charge in [0, 0.05) is 23.9 Å². The normalized spacial score (nSPS) is 15.8. The van der Waals surface area contributed by atoms with Gasteiger partial charge in [-0.05, 0) is 62.4 Å². The number of piperidine rings is 1. The average Bonchev–Trinajstić information content (AvgIpc) is 2.75. The van der Waals surface area contributed by atoms with Crippen molar-refractivity contribution in [3.8, 4) is 5.75 Å². The zero-order chi connectivity index (χ0) is 20.9. The second-order valence-corrected chi connectivity index (χ2v) is 9.59. The molecule has 0 radical (unpaired) electrons. The van der Waals surface area contributed by atoms with Crippen LogP contribution in [-0.2, 0) is 14.8 Å². The molecule has 1 amide bonds. The molecule has 1 fully saturated rings. The number of sulfonamides is 1. The highest BCUT2D eigenvalue weighted by molar-refractivity contribution is 7.98. The minimum atomic E-state index is -3.54. The maximum Gasteiger partial charge on any atom is 0.243 e. The zero-order valence-electron chi connectivity index (χ0n) is 16.6. The highest BCUT2D eigenvalue weighted by Crippen LogP contribution is 2.28. The first-order valence-corrected chi connectivity index (χ1v) is 12.3. The predicted octanol–water partition coefficient (Wildman–Crippen LogP) is 3.85. The first-order valence-electron chi connectivity index (χ1n) is 9.62. The minimum absolute atomic E-state index is 0.0986. The highest BCUT2D eigenvalue weighted by Gasteiger charge is 2.32. The Balaban J connectivity index is 1.61. The fourth-order valence-corrected chi connectivity index (χ4v) is 5.22. The summed E-state index contributed by atoms with van der Waals surface area (Å²) in [7, 11) is -3.54. The maximum absolute atomic E-state index is 12.9. The number of benzene rings is 2. The molecule has 0 bridgehead atoms. The molecule has 1 aliphatic rings. The summed E-state index contributed by atoms with van der Waals surface area (Å²) in [5, 5.41) is 2.93. The van der Waals surface area contributed by atoms with Crippen LogP contribution in [0.2, 0.25) is 0 Å². The van der Waals surface area contributed by atoms with E-state index in [0.717, 1.165) is 4.90 Å². The van der Waals surface area contributed by atoms with Crippen LogP contribution in [-0.4, -0.2) is 44.6 Å². The van der Waals surface area contributed by atoms with Gasteiger partial charge in [-0.15, -0.1) is 11.8 Å². The van der Waals surface area contributed by atoms with Gasteiger partial charge in [-0.3, -0.25) is 4.79 Å². The van der Waals surface area contributed by atoms with Gasteiger partial charge in [0.2, 0.25) is 15.9 Å². The van der Waals surface area contributed by atoms with Gasteiger partial charge in [0.1, 0.15) is 5.75 Å². The Hall–Kier alpha value is -2.03. The molecule has 1 N–H and O–H groups in total. The number of nitrogens with one attached hydrogen (secondary N) is 1. The Kier molecular flexibility index (Phi) is 7.21. The number of rotatable bonds is 7. The summed E-state index contributed by atoms with van der Waals surface area (Å²) in [5.41, 5.74) is 0.642. The largest absolute Gasteiger partial charge is 0.492 e. The van der Waals surface area contributed by atoms with E-state index in [2.05, 4.69) is 5.32 Å². The maximum atomic E-state index is 12.9. The molecule has 2 aromatic rings. The molecule has 1 aliphatic heterocycles. The molecule has 0 aliphatic carbocycles. The molecule has 0 spiro atoms. The Morgan fingerprint density at radius 2 is 1.79 bits per heavy atom. The van der Waals surface area contributed by atoms with Crippen molar-refractivity contribution in [2.24, 2.45) is 5.92 Å². The fourth-order valence-electron chi connectivity index (χ4n) is 3.34. The van der Waals surface area contributed by atoms with Crippen molar-refractivity contribution in [2.75, 3.05) is 31.3 Å². The van der Waals surface area contributed by atoms with E-state index < -0.39 is 10.0 Å². The number of ether oxygens (including phenoxy) is 1. The first-order chi connectivity index (χ1) is 14.0. The van der Waals surface area contributed by atoms with Gasteiger partial charge in [-0.1, -0.05) is 12.1 Å². The first kappa shape index (κ1) is 21.7. The van der Waals surface area contributed by atoms with Gasteiger partial charge >= 0.3 is 0 Å². The number of anilines is 1. The average molecular weight is 435 g/mol. The molecule has 0 saturated carbocycles. The number of carbonyl (C=O) groups excluding carboxylic acids is 1. The van der Waals surface area contributed by atoms with Crippen LogP contribution in [0.3, 0.4) is 0 Å². The monoisotopic (exact) mass is 434 g/mol. The third-order valence-electron chi connectivity index (χ3n) is 4.97. The zero-order valence-corrected chi connectivity index (χ0v) is 18.3. The van der Waals surface area contributed by atoms with Crippen LogP contribution in [0, 0.1) is 5.92 Å². The van der Waals surface area contributed by atoms with Crippen LogP contribution in [0.4, 0.5) is 5.69 Å². The van der Waals surface area contributed by atoms with Gasteiger partial charge in [-0.25, -0.2) is 8.42 Å². The van der Waals surface area contributed by atoms with Crippen molar-refractivity contribution in [1.29, 1.82) is 0 Å². The Labute approximate surface area is 176 Å². The predicted molar refractivity (Wildman–Crippen MR) is 116 cm³/mol. The minimum Gasteiger partial charge on any atom is -0.492 e. The second kappa shape index (κ2) is 9.65. The van der Waals surface area contributed by atoms with Crippen LogP contribution in [0.15, 0.2) is 58.3 Å². The Morgan fingerprint density at radius 3 is 2.41 bits per heavy atom. The number of amides is 1. The van der Waals surface area contributed by atoms with E-state index in [1.807, 2.05) is 43.5 Å². The summed E-state index contributed by atoms with van der Waals surface area (Å²) in [4.78, 5) is 14.0. The SMILES string of the molecule is CCOc1ccccc1NC(=O)C1CCN(S(=O)(=O)c2ccc(SC)cc2)CC1. The Morgan fingerprint density at radius 1 is 1.14 bits per heavy atom. The topological polar surface area (TPSA) is 75.7 Å². The van der Waals surface area contributed by atoms with Gasteiger partial charge in [0.05, 0.1) is 17.2 Å². The molecule has 0 atom stereocenters. The van der Waals surface area contributed by atoms with Crippen LogP contribution in [0.5, 0.6) is 5.75 Å². The summed E-state index contributed by atoms with van der Waals surface area (Å²) >= 11 is 1.57.